The average Bonchev–Trinajstić information content (AvgIpc) is 3.67. The van der Waals surface area contributed by atoms with E-state index in [1.54, 1.807) is 0 Å². The molecule has 0 saturated heterocycles. The fourth-order valence-corrected chi connectivity index (χ4v) is 9.18. The molecular formula is C58H40N2. The Morgan fingerprint density at radius 1 is 0.300 bits per heavy atom. The van der Waals surface area contributed by atoms with Gasteiger partial charge in [0.05, 0.1) is 22.4 Å². The summed E-state index contributed by atoms with van der Waals surface area (Å²) in [5, 5.41) is 4.87. The van der Waals surface area contributed by atoms with E-state index in [9.17, 15) is 0 Å². The second kappa shape index (κ2) is 15.1. The minimum Gasteiger partial charge on any atom is -0.309 e. The van der Waals surface area contributed by atoms with Gasteiger partial charge >= 0.3 is 0 Å². The molecule has 0 unspecified atom stereocenters. The van der Waals surface area contributed by atoms with E-state index in [1.807, 2.05) is 0 Å². The lowest BCUT2D eigenvalue weighted by atomic mass is 9.84. The molecule has 0 N–H and O–H groups in total. The molecule has 0 spiro atoms. The summed E-state index contributed by atoms with van der Waals surface area (Å²) in [6.45, 7) is 0. The van der Waals surface area contributed by atoms with Crippen LogP contribution in [-0.4, -0.2) is 4.57 Å². The number of para-hydroxylation sites is 3. The van der Waals surface area contributed by atoms with Gasteiger partial charge in [0.2, 0.25) is 0 Å². The van der Waals surface area contributed by atoms with Crippen LogP contribution in [0.4, 0.5) is 17.1 Å². The molecule has 282 valence electrons. The van der Waals surface area contributed by atoms with Crippen molar-refractivity contribution in [1.29, 1.82) is 0 Å². The summed E-state index contributed by atoms with van der Waals surface area (Å²) in [6, 6.07) is 88.0. The van der Waals surface area contributed by atoms with Crippen LogP contribution in [0.25, 0.3) is 82.8 Å². The van der Waals surface area contributed by atoms with Crippen LogP contribution in [0, 0.1) is 0 Å². The van der Waals surface area contributed by atoms with E-state index in [0.29, 0.717) is 0 Å². The summed E-state index contributed by atoms with van der Waals surface area (Å²) in [5.41, 5.74) is 16.2. The zero-order chi connectivity index (χ0) is 39.8. The highest BCUT2D eigenvalue weighted by atomic mass is 15.1. The van der Waals surface area contributed by atoms with Crippen LogP contribution in [0.2, 0.25) is 0 Å². The molecule has 60 heavy (non-hydrogen) atoms. The van der Waals surface area contributed by atoms with E-state index >= 15 is 0 Å². The lowest BCUT2D eigenvalue weighted by molar-refractivity contribution is 1.17. The van der Waals surface area contributed by atoms with Gasteiger partial charge in [0, 0.05) is 33.1 Å². The normalized spacial score (nSPS) is 11.3. The monoisotopic (exact) mass is 764 g/mol. The Morgan fingerprint density at radius 2 is 0.783 bits per heavy atom. The van der Waals surface area contributed by atoms with Crippen molar-refractivity contribution >= 4 is 49.6 Å². The van der Waals surface area contributed by atoms with Gasteiger partial charge in [0.25, 0.3) is 0 Å². The molecule has 0 radical (unpaired) electrons. The lowest BCUT2D eigenvalue weighted by Crippen LogP contribution is -2.12. The first-order valence-electron chi connectivity index (χ1n) is 20.6. The standard InChI is InChI=1S/C58H40N2/c1-3-20-41(21-4-1)46-28-9-10-33-52(46)58-48(43-22-5-2-6-23-43)34-19-35-53(58)51-32-13-16-38-57(51)59(54-39-17-25-42-24-7-8-29-47(42)54)44-26-18-27-45(40-44)60-55-36-14-11-30-49(55)50-31-12-15-37-56(50)60/h1-40H. The summed E-state index contributed by atoms with van der Waals surface area (Å²) >= 11 is 0. The van der Waals surface area contributed by atoms with Crippen molar-refractivity contribution in [3.8, 4) is 50.2 Å². The number of fused-ring (bicyclic) bond motifs is 4. The molecule has 0 atom stereocenters. The van der Waals surface area contributed by atoms with Crippen molar-refractivity contribution in [2.24, 2.45) is 0 Å². The van der Waals surface area contributed by atoms with Crippen LogP contribution in [0.1, 0.15) is 0 Å². The molecule has 0 aliphatic carbocycles. The topological polar surface area (TPSA) is 8.17 Å². The molecule has 2 heteroatoms. The van der Waals surface area contributed by atoms with Gasteiger partial charge in [0.1, 0.15) is 0 Å². The second-order valence-electron chi connectivity index (χ2n) is 15.2. The Bertz CT molecular complexity index is 3270. The highest BCUT2D eigenvalue weighted by Gasteiger charge is 2.24. The smallest absolute Gasteiger partial charge is 0.0541 e. The summed E-state index contributed by atoms with van der Waals surface area (Å²) < 4.78 is 2.41. The molecule has 11 aromatic rings. The van der Waals surface area contributed by atoms with Crippen LogP contribution in [0.3, 0.4) is 0 Å². The molecule has 0 fully saturated rings. The minimum absolute atomic E-state index is 1.07. The third kappa shape index (κ3) is 6.06. The number of nitrogens with zero attached hydrogens (tertiary/aromatic N) is 2. The second-order valence-corrected chi connectivity index (χ2v) is 15.2. The molecule has 0 bridgehead atoms. The van der Waals surface area contributed by atoms with Crippen LogP contribution in [0.15, 0.2) is 243 Å². The van der Waals surface area contributed by atoms with Gasteiger partial charge < -0.3 is 9.47 Å². The molecule has 2 nitrogen and oxygen atoms in total. The highest BCUT2D eigenvalue weighted by molar-refractivity contribution is 6.10. The Balaban J connectivity index is 1.19. The van der Waals surface area contributed by atoms with Gasteiger partial charge in [-0.15, -0.1) is 0 Å². The van der Waals surface area contributed by atoms with Crippen LogP contribution in [0.5, 0.6) is 0 Å². The zero-order valence-electron chi connectivity index (χ0n) is 33.0. The van der Waals surface area contributed by atoms with Crippen molar-refractivity contribution in [2.75, 3.05) is 4.90 Å². The number of hydrogen-bond donors (Lipinski definition) is 0. The summed E-state index contributed by atoms with van der Waals surface area (Å²) in [4.78, 5) is 2.47. The maximum absolute atomic E-state index is 2.47. The van der Waals surface area contributed by atoms with Gasteiger partial charge in [-0.2, -0.15) is 0 Å². The number of aromatic nitrogens is 1. The van der Waals surface area contributed by atoms with Crippen molar-refractivity contribution in [1.82, 2.24) is 4.57 Å². The summed E-state index contributed by atoms with van der Waals surface area (Å²) in [5.74, 6) is 0. The highest BCUT2D eigenvalue weighted by Crippen LogP contribution is 2.49. The Morgan fingerprint density at radius 3 is 1.52 bits per heavy atom. The van der Waals surface area contributed by atoms with Gasteiger partial charge in [0.15, 0.2) is 0 Å². The Labute approximate surface area is 350 Å². The van der Waals surface area contributed by atoms with Gasteiger partial charge in [-0.25, -0.2) is 0 Å². The largest absolute Gasteiger partial charge is 0.309 e. The first-order chi connectivity index (χ1) is 29.8. The first kappa shape index (κ1) is 35.2. The molecule has 0 aliphatic rings. The number of rotatable bonds is 8. The number of benzene rings is 10. The van der Waals surface area contributed by atoms with E-state index in [1.165, 1.54) is 71.5 Å². The summed E-state index contributed by atoms with van der Waals surface area (Å²) in [7, 11) is 0. The van der Waals surface area contributed by atoms with E-state index in [0.717, 1.165) is 28.3 Å². The third-order valence-corrected chi connectivity index (χ3v) is 11.8. The van der Waals surface area contributed by atoms with Crippen molar-refractivity contribution < 1.29 is 0 Å². The van der Waals surface area contributed by atoms with Gasteiger partial charge in [-0.05, 0) is 86.8 Å². The first-order valence-corrected chi connectivity index (χ1v) is 20.6. The third-order valence-electron chi connectivity index (χ3n) is 11.8. The molecule has 11 rings (SSSR count). The summed E-state index contributed by atoms with van der Waals surface area (Å²) in [6.07, 6.45) is 0. The Kier molecular flexibility index (Phi) is 8.87. The predicted octanol–water partition coefficient (Wildman–Crippen LogP) is 16.1. The minimum atomic E-state index is 1.07. The fraction of sp³-hybridized carbons (Fsp3) is 0. The fourth-order valence-electron chi connectivity index (χ4n) is 9.18. The van der Waals surface area contributed by atoms with E-state index in [-0.39, 0.29) is 0 Å². The number of anilines is 3. The van der Waals surface area contributed by atoms with Crippen molar-refractivity contribution in [3.05, 3.63) is 243 Å². The van der Waals surface area contributed by atoms with Crippen molar-refractivity contribution in [3.63, 3.8) is 0 Å². The SMILES string of the molecule is c1ccc(-c2ccccc2-c2c(-c3ccccc3)cccc2-c2ccccc2N(c2cccc(-n3c4ccccc4c4ccccc43)c2)c2cccc3ccccc23)cc1. The van der Waals surface area contributed by atoms with Crippen LogP contribution < -0.4 is 4.90 Å². The molecule has 0 aliphatic heterocycles. The quantitative estimate of drug-likeness (QED) is 0.150. The molecule has 1 aromatic heterocycles. The van der Waals surface area contributed by atoms with Crippen molar-refractivity contribution in [2.45, 2.75) is 0 Å². The molecule has 1 heterocycles. The molecule has 0 saturated carbocycles. The van der Waals surface area contributed by atoms with Crippen LogP contribution >= 0.6 is 0 Å². The van der Waals surface area contributed by atoms with Gasteiger partial charge in [-0.1, -0.05) is 200 Å². The van der Waals surface area contributed by atoms with Gasteiger partial charge in [-0.3, -0.25) is 0 Å². The maximum Gasteiger partial charge on any atom is 0.0541 e. The van der Waals surface area contributed by atoms with E-state index in [2.05, 4.69) is 252 Å². The van der Waals surface area contributed by atoms with Crippen LogP contribution in [-0.2, 0) is 0 Å². The number of hydrogen-bond acceptors (Lipinski definition) is 1. The zero-order valence-corrected chi connectivity index (χ0v) is 33.0. The molecule has 10 aromatic carbocycles. The van der Waals surface area contributed by atoms with E-state index < -0.39 is 0 Å². The average molecular weight is 765 g/mol. The lowest BCUT2D eigenvalue weighted by Gasteiger charge is -2.30. The van der Waals surface area contributed by atoms with E-state index in [4.69, 9.17) is 0 Å². The molecular weight excluding hydrogens is 725 g/mol. The maximum atomic E-state index is 2.47. The predicted molar refractivity (Wildman–Crippen MR) is 255 cm³/mol. The molecule has 0 amide bonds. The Hall–Kier alpha value is -7.94.